The average Bonchev–Trinajstić information content (AvgIpc) is 2.89. The summed E-state index contributed by atoms with van der Waals surface area (Å²) in [6.45, 7) is 1.08. The molecule has 4 nitrogen and oxygen atoms in total. The summed E-state index contributed by atoms with van der Waals surface area (Å²) in [6.07, 6.45) is 7.52. The number of benzene rings is 2. The first-order valence-electron chi connectivity index (χ1n) is 11.1. The van der Waals surface area contributed by atoms with Gasteiger partial charge in [-0.3, -0.25) is 0 Å². The molecule has 0 aromatic heterocycles. The van der Waals surface area contributed by atoms with Crippen LogP contribution >= 0.6 is 22.6 Å². The fourth-order valence-corrected chi connectivity index (χ4v) is 6.83. The van der Waals surface area contributed by atoms with Gasteiger partial charge in [-0.1, -0.05) is 43.2 Å². The molecule has 1 aliphatic heterocycles. The molecule has 2 aromatic carbocycles. The van der Waals surface area contributed by atoms with Crippen molar-refractivity contribution in [3.05, 3.63) is 62.7 Å². The molecule has 2 fully saturated rings. The number of amides is 1. The van der Waals surface area contributed by atoms with Crippen LogP contribution in [-0.4, -0.2) is 28.7 Å². The molecule has 1 N–H and O–H groups in total. The summed E-state index contributed by atoms with van der Waals surface area (Å²) in [4.78, 5) is 15.2. The normalized spacial score (nSPS) is 27.6. The van der Waals surface area contributed by atoms with Crippen molar-refractivity contribution >= 4 is 28.7 Å². The van der Waals surface area contributed by atoms with E-state index < -0.39 is 0 Å². The van der Waals surface area contributed by atoms with Gasteiger partial charge in [0, 0.05) is 18.0 Å². The SMILES string of the molecule is O=C(OCc1ccccc1)N1CCC[C@@]23CCCCC2[C@@H]1Cc1cc(I)c(O)cc13. The molecule has 3 aliphatic rings. The minimum atomic E-state index is -0.179. The van der Waals surface area contributed by atoms with Crippen molar-refractivity contribution in [2.75, 3.05) is 6.54 Å². The molecule has 5 heteroatoms. The van der Waals surface area contributed by atoms with Crippen LogP contribution in [0.2, 0.25) is 0 Å². The Hall–Kier alpha value is -1.76. The molecule has 158 valence electrons. The zero-order valence-electron chi connectivity index (χ0n) is 17.1. The summed E-state index contributed by atoms with van der Waals surface area (Å²) in [6, 6.07) is 14.3. The van der Waals surface area contributed by atoms with Gasteiger partial charge in [-0.25, -0.2) is 4.79 Å². The Morgan fingerprint density at radius 2 is 1.97 bits per heavy atom. The van der Waals surface area contributed by atoms with Gasteiger partial charge >= 0.3 is 6.09 Å². The highest BCUT2D eigenvalue weighted by atomic mass is 127. The predicted octanol–water partition coefficient (Wildman–Crippen LogP) is 5.78. The van der Waals surface area contributed by atoms with E-state index >= 15 is 0 Å². The van der Waals surface area contributed by atoms with Gasteiger partial charge in [0.15, 0.2) is 0 Å². The number of carbonyl (C=O) groups is 1. The second-order valence-electron chi connectivity index (χ2n) is 9.08. The lowest BCUT2D eigenvalue weighted by Crippen LogP contribution is -2.54. The molecule has 5 rings (SSSR count). The number of hydrogen-bond donors (Lipinski definition) is 1. The molecule has 2 aliphatic carbocycles. The van der Waals surface area contributed by atoms with Crippen LogP contribution in [0.3, 0.4) is 0 Å². The van der Waals surface area contributed by atoms with Gasteiger partial charge in [-0.05, 0) is 89.4 Å². The number of ether oxygens (including phenoxy) is 1. The van der Waals surface area contributed by atoms with Crippen LogP contribution in [0.1, 0.15) is 55.2 Å². The van der Waals surface area contributed by atoms with Crippen molar-refractivity contribution in [1.82, 2.24) is 4.90 Å². The summed E-state index contributed by atoms with van der Waals surface area (Å²) in [5.41, 5.74) is 3.77. The summed E-state index contributed by atoms with van der Waals surface area (Å²) in [7, 11) is 0. The lowest BCUT2D eigenvalue weighted by atomic mass is 9.54. The van der Waals surface area contributed by atoms with E-state index in [0.717, 1.165) is 47.8 Å². The summed E-state index contributed by atoms with van der Waals surface area (Å²) in [5, 5.41) is 10.5. The van der Waals surface area contributed by atoms with Crippen LogP contribution in [0.5, 0.6) is 5.75 Å². The first-order chi connectivity index (χ1) is 14.6. The highest BCUT2D eigenvalue weighted by molar-refractivity contribution is 14.1. The number of carbonyl (C=O) groups excluding carboxylic acids is 1. The largest absolute Gasteiger partial charge is 0.507 e. The molecule has 1 saturated heterocycles. The van der Waals surface area contributed by atoms with E-state index in [-0.39, 0.29) is 17.6 Å². The van der Waals surface area contributed by atoms with Crippen molar-refractivity contribution in [3.8, 4) is 5.75 Å². The fourth-order valence-electron chi connectivity index (χ4n) is 6.30. The molecule has 1 amide bonds. The number of halogens is 1. The van der Waals surface area contributed by atoms with Gasteiger partial charge in [-0.15, -0.1) is 0 Å². The van der Waals surface area contributed by atoms with E-state index in [1.165, 1.54) is 24.0 Å². The van der Waals surface area contributed by atoms with E-state index in [2.05, 4.69) is 28.7 Å². The van der Waals surface area contributed by atoms with E-state index in [1.807, 2.05) is 41.3 Å². The summed E-state index contributed by atoms with van der Waals surface area (Å²) >= 11 is 2.21. The van der Waals surface area contributed by atoms with E-state index in [4.69, 9.17) is 4.74 Å². The van der Waals surface area contributed by atoms with Gasteiger partial charge in [0.2, 0.25) is 0 Å². The molecule has 1 heterocycles. The quantitative estimate of drug-likeness (QED) is 0.514. The van der Waals surface area contributed by atoms with Gasteiger partial charge in [0.05, 0.1) is 3.57 Å². The monoisotopic (exact) mass is 517 g/mol. The highest BCUT2D eigenvalue weighted by Gasteiger charge is 2.53. The van der Waals surface area contributed by atoms with E-state index in [0.29, 0.717) is 18.3 Å². The van der Waals surface area contributed by atoms with Gasteiger partial charge in [-0.2, -0.15) is 0 Å². The summed E-state index contributed by atoms with van der Waals surface area (Å²) < 4.78 is 6.66. The van der Waals surface area contributed by atoms with Crippen molar-refractivity contribution < 1.29 is 14.6 Å². The number of likely N-dealkylation sites (tertiary alicyclic amines) is 1. The molecular weight excluding hydrogens is 489 g/mol. The Balaban J connectivity index is 1.47. The van der Waals surface area contributed by atoms with Crippen LogP contribution < -0.4 is 0 Å². The lowest BCUT2D eigenvalue weighted by Gasteiger charge is -2.52. The molecular formula is C25H28INO3. The van der Waals surface area contributed by atoms with Crippen LogP contribution in [0, 0.1) is 9.49 Å². The third kappa shape index (κ3) is 3.39. The fraction of sp³-hybridized carbons (Fsp3) is 0.480. The Morgan fingerprint density at radius 1 is 1.17 bits per heavy atom. The maximum absolute atomic E-state index is 13.2. The summed E-state index contributed by atoms with van der Waals surface area (Å²) in [5.74, 6) is 0.847. The second-order valence-corrected chi connectivity index (χ2v) is 10.2. The van der Waals surface area contributed by atoms with Crippen molar-refractivity contribution in [2.45, 2.75) is 63.0 Å². The predicted molar refractivity (Wildman–Crippen MR) is 125 cm³/mol. The first kappa shape index (κ1) is 20.2. The maximum Gasteiger partial charge on any atom is 0.410 e. The van der Waals surface area contributed by atoms with E-state index in [1.54, 1.807) is 0 Å². The number of fused-ring (bicyclic) bond motifs is 1. The molecule has 0 radical (unpaired) electrons. The van der Waals surface area contributed by atoms with Gasteiger partial charge in [0.1, 0.15) is 12.4 Å². The van der Waals surface area contributed by atoms with Crippen LogP contribution in [-0.2, 0) is 23.2 Å². The second kappa shape index (κ2) is 8.06. The zero-order chi connectivity index (χ0) is 20.7. The third-order valence-electron chi connectivity index (χ3n) is 7.56. The standard InChI is InChI=1S/C25H28INO3/c26-21-13-18-14-22-19-9-4-5-10-25(19,20(18)15-23(21)28)11-6-12-27(22)24(29)30-16-17-7-2-1-3-8-17/h1-3,7-8,13,15,19,22,28H,4-6,9-12,14,16H2/t19?,22-,25-/m0/s1. The van der Waals surface area contributed by atoms with Crippen molar-refractivity contribution in [1.29, 1.82) is 0 Å². The molecule has 2 bridgehead atoms. The minimum absolute atomic E-state index is 0.0901. The minimum Gasteiger partial charge on any atom is -0.507 e. The Morgan fingerprint density at radius 3 is 2.80 bits per heavy atom. The molecule has 0 spiro atoms. The van der Waals surface area contributed by atoms with Crippen molar-refractivity contribution in [2.24, 2.45) is 5.92 Å². The molecule has 1 unspecified atom stereocenters. The first-order valence-corrected chi connectivity index (χ1v) is 12.2. The Bertz CT molecular complexity index is 947. The Labute approximate surface area is 191 Å². The smallest absolute Gasteiger partial charge is 0.410 e. The zero-order valence-corrected chi connectivity index (χ0v) is 19.3. The molecule has 2 aromatic rings. The van der Waals surface area contributed by atoms with Crippen LogP contribution in [0.25, 0.3) is 0 Å². The van der Waals surface area contributed by atoms with Gasteiger partial charge < -0.3 is 14.7 Å². The molecule has 30 heavy (non-hydrogen) atoms. The topological polar surface area (TPSA) is 49.8 Å². The molecule has 1 saturated carbocycles. The number of phenols is 1. The average molecular weight is 517 g/mol. The van der Waals surface area contributed by atoms with Crippen LogP contribution in [0.15, 0.2) is 42.5 Å². The number of hydrogen-bond acceptors (Lipinski definition) is 3. The highest BCUT2D eigenvalue weighted by Crippen LogP contribution is 2.56. The molecule has 3 atom stereocenters. The van der Waals surface area contributed by atoms with Gasteiger partial charge in [0.25, 0.3) is 0 Å². The third-order valence-corrected chi connectivity index (χ3v) is 8.43. The maximum atomic E-state index is 13.2. The number of rotatable bonds is 2. The Kier molecular flexibility index (Phi) is 5.42. The van der Waals surface area contributed by atoms with Crippen LogP contribution in [0.4, 0.5) is 4.79 Å². The number of nitrogens with zero attached hydrogens (tertiary/aromatic N) is 1. The number of aromatic hydroxyl groups is 1. The lowest BCUT2D eigenvalue weighted by molar-refractivity contribution is 0.0441. The van der Waals surface area contributed by atoms with Crippen molar-refractivity contribution in [3.63, 3.8) is 0 Å². The van der Waals surface area contributed by atoms with E-state index in [9.17, 15) is 9.90 Å². The number of phenolic OH excluding ortho intramolecular Hbond substituents is 1.